The smallest absolute Gasteiger partial charge is 0.255 e. The van der Waals surface area contributed by atoms with Gasteiger partial charge in [0.2, 0.25) is 0 Å². The summed E-state index contributed by atoms with van der Waals surface area (Å²) >= 11 is 6.26. The van der Waals surface area contributed by atoms with Crippen molar-refractivity contribution in [3.8, 4) is 11.5 Å². The predicted molar refractivity (Wildman–Crippen MR) is 130 cm³/mol. The lowest BCUT2D eigenvalue weighted by Crippen LogP contribution is -2.48. The first-order valence-corrected chi connectivity index (χ1v) is 11.9. The van der Waals surface area contributed by atoms with Crippen LogP contribution in [0.4, 0.5) is 11.5 Å². The van der Waals surface area contributed by atoms with Crippen LogP contribution in [0.2, 0.25) is 5.02 Å². The van der Waals surface area contributed by atoms with Crippen molar-refractivity contribution in [2.45, 2.75) is 25.9 Å². The maximum absolute atomic E-state index is 13.0. The molecule has 1 aromatic carbocycles. The predicted octanol–water partition coefficient (Wildman–Crippen LogP) is 1.71. The lowest BCUT2D eigenvalue weighted by Gasteiger charge is -2.36. The van der Waals surface area contributed by atoms with Crippen LogP contribution in [0.1, 0.15) is 28.9 Å². The number of nitrogens with zero attached hydrogens (tertiary/aromatic N) is 3. The third-order valence-corrected chi connectivity index (χ3v) is 6.55. The van der Waals surface area contributed by atoms with Crippen LogP contribution in [-0.4, -0.2) is 77.9 Å². The van der Waals surface area contributed by atoms with Crippen LogP contribution >= 0.6 is 11.6 Å². The zero-order valence-electron chi connectivity index (χ0n) is 19.2. The van der Waals surface area contributed by atoms with E-state index >= 15 is 0 Å². The standard InChI is InChI=1S/C23H31ClN6O4/c1-14-22(27-5-4-26-14)28-6-8-30-7-3-15(18(31)13-30)12-29-23(32)16-11-17(25)19(24)21-20(16)33-9-2-10-34-21/h4-5,11,15,18,31H,2-3,6-10,12-13,25H2,1H3,(H,27,28)(H,29,32)/t15-,18?/m0/s1. The van der Waals surface area contributed by atoms with Gasteiger partial charge < -0.3 is 30.9 Å². The van der Waals surface area contributed by atoms with Gasteiger partial charge in [-0.15, -0.1) is 0 Å². The molecule has 1 fully saturated rings. The summed E-state index contributed by atoms with van der Waals surface area (Å²) in [6.07, 6.45) is 4.24. The molecule has 0 saturated carbocycles. The maximum atomic E-state index is 13.0. The van der Waals surface area contributed by atoms with Crippen molar-refractivity contribution in [1.29, 1.82) is 0 Å². The number of nitrogens with two attached hydrogens (primary N) is 1. The number of nitrogen functional groups attached to an aromatic ring is 1. The minimum absolute atomic E-state index is 0.0455. The first kappa shape index (κ1) is 24.3. The molecular formula is C23H31ClN6O4. The molecule has 0 spiro atoms. The van der Waals surface area contributed by atoms with Gasteiger partial charge in [0.15, 0.2) is 11.5 Å². The van der Waals surface area contributed by atoms with Gasteiger partial charge in [-0.25, -0.2) is 4.98 Å². The SMILES string of the molecule is Cc1nccnc1NCCN1CC[C@@H](CNC(=O)c2cc(N)c(Cl)c3c2OCCCO3)C(O)C1. The molecule has 1 amide bonds. The van der Waals surface area contributed by atoms with Gasteiger partial charge in [-0.3, -0.25) is 14.7 Å². The van der Waals surface area contributed by atoms with Gasteiger partial charge in [0.05, 0.1) is 36.3 Å². The number of carbonyl (C=O) groups is 1. The Bertz CT molecular complexity index is 1020. The summed E-state index contributed by atoms with van der Waals surface area (Å²) in [5.41, 5.74) is 7.39. The molecule has 11 heteroatoms. The molecular weight excluding hydrogens is 460 g/mol. The molecule has 2 atom stereocenters. The number of hydrogen-bond donors (Lipinski definition) is 4. The van der Waals surface area contributed by atoms with Crippen LogP contribution < -0.4 is 25.8 Å². The number of ether oxygens (including phenoxy) is 2. The van der Waals surface area contributed by atoms with Crippen molar-refractivity contribution in [2.75, 3.05) is 57.0 Å². The molecule has 4 rings (SSSR count). The molecule has 0 aliphatic carbocycles. The molecule has 10 nitrogen and oxygen atoms in total. The molecule has 3 heterocycles. The second-order valence-corrected chi connectivity index (χ2v) is 8.96. The van der Waals surface area contributed by atoms with Crippen molar-refractivity contribution < 1.29 is 19.4 Å². The van der Waals surface area contributed by atoms with Crippen LogP contribution in [0.3, 0.4) is 0 Å². The van der Waals surface area contributed by atoms with E-state index in [1.165, 1.54) is 6.07 Å². The summed E-state index contributed by atoms with van der Waals surface area (Å²) in [6.45, 7) is 5.99. The summed E-state index contributed by atoms with van der Waals surface area (Å²) < 4.78 is 11.4. The summed E-state index contributed by atoms with van der Waals surface area (Å²) in [4.78, 5) is 23.7. The highest BCUT2D eigenvalue weighted by molar-refractivity contribution is 6.35. The number of aliphatic hydroxyl groups excluding tert-OH is 1. The number of aryl methyl sites for hydroxylation is 1. The second kappa shape index (κ2) is 11.1. The van der Waals surface area contributed by atoms with Crippen molar-refractivity contribution in [3.05, 3.63) is 34.7 Å². The van der Waals surface area contributed by atoms with Crippen molar-refractivity contribution >= 4 is 29.0 Å². The quantitative estimate of drug-likeness (QED) is 0.427. The maximum Gasteiger partial charge on any atom is 0.255 e. The fraction of sp³-hybridized carbons (Fsp3) is 0.522. The lowest BCUT2D eigenvalue weighted by molar-refractivity contribution is 0.0237. The van der Waals surface area contributed by atoms with Crippen molar-refractivity contribution in [2.24, 2.45) is 5.92 Å². The van der Waals surface area contributed by atoms with E-state index in [2.05, 4.69) is 25.5 Å². The van der Waals surface area contributed by atoms with Gasteiger partial charge >= 0.3 is 0 Å². The zero-order valence-corrected chi connectivity index (χ0v) is 20.0. The normalized spacial score (nSPS) is 20.4. The van der Waals surface area contributed by atoms with E-state index in [0.717, 1.165) is 31.0 Å². The zero-order chi connectivity index (χ0) is 24.1. The summed E-state index contributed by atoms with van der Waals surface area (Å²) in [5, 5.41) is 17.1. The minimum atomic E-state index is -0.542. The van der Waals surface area contributed by atoms with Gasteiger partial charge in [0.1, 0.15) is 10.8 Å². The van der Waals surface area contributed by atoms with E-state index in [4.69, 9.17) is 26.8 Å². The molecule has 5 N–H and O–H groups in total. The molecule has 2 aliphatic heterocycles. The van der Waals surface area contributed by atoms with Crippen LogP contribution in [-0.2, 0) is 0 Å². The Hall–Kier alpha value is -2.82. The Kier molecular flexibility index (Phi) is 7.91. The number of aromatic nitrogens is 2. The second-order valence-electron chi connectivity index (χ2n) is 8.58. The molecule has 0 radical (unpaired) electrons. The molecule has 1 unspecified atom stereocenters. The fourth-order valence-electron chi connectivity index (χ4n) is 4.21. The third-order valence-electron chi connectivity index (χ3n) is 6.16. The van der Waals surface area contributed by atoms with E-state index < -0.39 is 6.10 Å². The van der Waals surface area contributed by atoms with Crippen LogP contribution in [0.5, 0.6) is 11.5 Å². The minimum Gasteiger partial charge on any atom is -0.489 e. The number of piperidine rings is 1. The van der Waals surface area contributed by atoms with Crippen LogP contribution in [0.25, 0.3) is 0 Å². The van der Waals surface area contributed by atoms with E-state index in [1.807, 2.05) is 6.92 Å². The molecule has 1 saturated heterocycles. The molecule has 1 aromatic heterocycles. The number of aliphatic hydroxyl groups is 1. The summed E-state index contributed by atoms with van der Waals surface area (Å²) in [6, 6.07) is 1.51. The van der Waals surface area contributed by atoms with E-state index in [0.29, 0.717) is 50.8 Å². The molecule has 2 aliphatic rings. The largest absolute Gasteiger partial charge is 0.489 e. The molecule has 184 valence electrons. The third kappa shape index (κ3) is 5.63. The lowest BCUT2D eigenvalue weighted by atomic mass is 9.93. The highest BCUT2D eigenvalue weighted by Crippen LogP contribution is 2.43. The van der Waals surface area contributed by atoms with Crippen molar-refractivity contribution in [3.63, 3.8) is 0 Å². The van der Waals surface area contributed by atoms with Crippen molar-refractivity contribution in [1.82, 2.24) is 20.2 Å². The first-order valence-electron chi connectivity index (χ1n) is 11.5. The van der Waals surface area contributed by atoms with Gasteiger partial charge in [-0.2, -0.15) is 0 Å². The summed E-state index contributed by atoms with van der Waals surface area (Å²) in [7, 11) is 0. The average Bonchev–Trinajstić information content (AvgIpc) is 3.08. The number of benzene rings is 1. The van der Waals surface area contributed by atoms with E-state index in [1.54, 1.807) is 12.4 Å². The number of halogens is 1. The highest BCUT2D eigenvalue weighted by Gasteiger charge is 2.29. The molecule has 34 heavy (non-hydrogen) atoms. The van der Waals surface area contributed by atoms with Crippen LogP contribution in [0.15, 0.2) is 18.5 Å². The Morgan fingerprint density at radius 1 is 1.29 bits per heavy atom. The monoisotopic (exact) mass is 490 g/mol. The number of hydrogen-bond acceptors (Lipinski definition) is 9. The average molecular weight is 491 g/mol. The Morgan fingerprint density at radius 3 is 2.82 bits per heavy atom. The van der Waals surface area contributed by atoms with Gasteiger partial charge in [-0.1, -0.05) is 11.6 Å². The van der Waals surface area contributed by atoms with Gasteiger partial charge in [-0.05, 0) is 26.0 Å². The van der Waals surface area contributed by atoms with Crippen LogP contribution in [0, 0.1) is 12.8 Å². The number of carbonyl (C=O) groups excluding carboxylic acids is 1. The van der Waals surface area contributed by atoms with Gasteiger partial charge in [0.25, 0.3) is 5.91 Å². The number of β-amino-alcohol motifs (C(OH)–C–C–N with tert-alkyl or cyclic N) is 1. The molecule has 2 aromatic rings. The summed E-state index contributed by atoms with van der Waals surface area (Å²) in [5.74, 6) is 1.02. The Labute approximate surface area is 203 Å². The highest BCUT2D eigenvalue weighted by atomic mass is 35.5. The number of likely N-dealkylation sites (tertiary alicyclic amines) is 1. The Balaban J connectivity index is 1.28. The van der Waals surface area contributed by atoms with E-state index in [9.17, 15) is 9.90 Å². The topological polar surface area (TPSA) is 135 Å². The molecule has 0 bridgehead atoms. The number of amides is 1. The number of fused-ring (bicyclic) bond motifs is 1. The number of rotatable bonds is 7. The fourth-order valence-corrected chi connectivity index (χ4v) is 4.40. The number of nitrogens with one attached hydrogen (secondary N) is 2. The number of anilines is 2. The van der Waals surface area contributed by atoms with Gasteiger partial charge in [0, 0.05) is 50.9 Å². The first-order chi connectivity index (χ1) is 16.4. The Morgan fingerprint density at radius 2 is 2.06 bits per heavy atom. The van der Waals surface area contributed by atoms with E-state index in [-0.39, 0.29) is 28.1 Å².